The number of anilines is 2. The van der Waals surface area contributed by atoms with Crippen LogP contribution in [-0.4, -0.2) is 55.1 Å². The maximum atomic E-state index is 14.6. The summed E-state index contributed by atoms with van der Waals surface area (Å²) in [6.45, 7) is 5.82. The molecule has 2 saturated heterocycles. The molecule has 2 atom stereocenters. The number of likely N-dealkylation sites (tertiary alicyclic amines) is 1. The van der Waals surface area contributed by atoms with Gasteiger partial charge < -0.3 is 19.9 Å². The molecule has 1 aromatic rings. The van der Waals surface area contributed by atoms with E-state index in [1.165, 1.54) is 6.07 Å². The zero-order valence-electron chi connectivity index (χ0n) is 16.0. The Bertz CT molecular complexity index is 687. The Hall–Kier alpha value is -2.15. The lowest BCUT2D eigenvalue weighted by Crippen LogP contribution is -2.45. The van der Waals surface area contributed by atoms with E-state index in [2.05, 4.69) is 5.32 Å². The Morgan fingerprint density at radius 3 is 2.67 bits per heavy atom. The van der Waals surface area contributed by atoms with Gasteiger partial charge in [0.05, 0.1) is 24.4 Å². The summed E-state index contributed by atoms with van der Waals surface area (Å²) in [7, 11) is 0. The number of amides is 2. The van der Waals surface area contributed by atoms with Gasteiger partial charge in [-0.25, -0.2) is 4.39 Å². The van der Waals surface area contributed by atoms with E-state index < -0.39 is 0 Å². The molecule has 0 unspecified atom stereocenters. The van der Waals surface area contributed by atoms with E-state index in [1.807, 2.05) is 18.7 Å². The van der Waals surface area contributed by atoms with Crippen molar-refractivity contribution in [2.45, 2.75) is 51.7 Å². The van der Waals surface area contributed by atoms with Crippen LogP contribution in [0.25, 0.3) is 0 Å². The van der Waals surface area contributed by atoms with Crippen molar-refractivity contribution >= 4 is 23.2 Å². The van der Waals surface area contributed by atoms with Crippen molar-refractivity contribution < 1.29 is 18.7 Å². The summed E-state index contributed by atoms with van der Waals surface area (Å²) >= 11 is 0. The van der Waals surface area contributed by atoms with Crippen LogP contribution in [0.5, 0.6) is 0 Å². The van der Waals surface area contributed by atoms with Crippen LogP contribution in [-0.2, 0) is 14.3 Å². The zero-order valence-corrected chi connectivity index (χ0v) is 16.0. The van der Waals surface area contributed by atoms with Gasteiger partial charge in [0.1, 0.15) is 5.82 Å². The number of carbonyl (C=O) groups excluding carboxylic acids is 2. The van der Waals surface area contributed by atoms with Gasteiger partial charge in [0.15, 0.2) is 0 Å². The third kappa shape index (κ3) is 5.19. The standard InChI is InChI=1S/C20H28FN3O3/c1-14-11-24(12-15(2)27-14)18-8-7-16(10-17(18)21)22-19(25)13-23-9-5-3-4-6-20(23)26/h7-8,10,14-15H,3-6,9,11-13H2,1-2H3,(H,22,25)/t14-,15-/m0/s1. The van der Waals surface area contributed by atoms with Crippen LogP contribution in [0, 0.1) is 5.82 Å². The van der Waals surface area contributed by atoms with Gasteiger partial charge >= 0.3 is 0 Å². The van der Waals surface area contributed by atoms with Gasteiger partial charge in [-0.2, -0.15) is 0 Å². The number of halogens is 1. The summed E-state index contributed by atoms with van der Waals surface area (Å²) < 4.78 is 20.3. The molecule has 2 amide bonds. The first-order valence-electron chi connectivity index (χ1n) is 9.70. The van der Waals surface area contributed by atoms with Crippen LogP contribution in [0.3, 0.4) is 0 Å². The number of nitrogens with one attached hydrogen (secondary N) is 1. The number of carbonyl (C=O) groups is 2. The Morgan fingerprint density at radius 2 is 1.96 bits per heavy atom. The van der Waals surface area contributed by atoms with Crippen LogP contribution in [0.4, 0.5) is 15.8 Å². The van der Waals surface area contributed by atoms with E-state index in [0.717, 1.165) is 19.3 Å². The SMILES string of the molecule is C[C@H]1CN(c2ccc(NC(=O)CN3CCCCCC3=O)cc2F)C[C@H](C)O1. The molecule has 27 heavy (non-hydrogen) atoms. The van der Waals surface area contributed by atoms with Gasteiger partial charge in [-0.05, 0) is 44.9 Å². The maximum absolute atomic E-state index is 14.6. The molecule has 2 heterocycles. The molecule has 1 aromatic carbocycles. The van der Waals surface area contributed by atoms with Crippen molar-refractivity contribution in [3.05, 3.63) is 24.0 Å². The van der Waals surface area contributed by atoms with Crippen LogP contribution in [0.15, 0.2) is 18.2 Å². The minimum atomic E-state index is -0.375. The van der Waals surface area contributed by atoms with Crippen molar-refractivity contribution in [1.29, 1.82) is 0 Å². The Morgan fingerprint density at radius 1 is 1.22 bits per heavy atom. The average molecular weight is 377 g/mol. The van der Waals surface area contributed by atoms with E-state index in [4.69, 9.17) is 4.74 Å². The molecule has 0 aromatic heterocycles. The molecule has 2 fully saturated rings. The monoisotopic (exact) mass is 377 g/mol. The molecule has 7 heteroatoms. The molecule has 0 spiro atoms. The van der Waals surface area contributed by atoms with E-state index in [9.17, 15) is 14.0 Å². The second-order valence-electron chi connectivity index (χ2n) is 7.50. The zero-order chi connectivity index (χ0) is 19.4. The predicted molar refractivity (Wildman–Crippen MR) is 102 cm³/mol. The summed E-state index contributed by atoms with van der Waals surface area (Å²) in [6, 6.07) is 4.72. The molecule has 3 rings (SSSR count). The van der Waals surface area contributed by atoms with Crippen molar-refractivity contribution in [3.63, 3.8) is 0 Å². The normalized spacial score (nSPS) is 23.9. The molecule has 0 saturated carbocycles. The van der Waals surface area contributed by atoms with Gasteiger partial charge in [-0.3, -0.25) is 9.59 Å². The Balaban J connectivity index is 1.61. The largest absolute Gasteiger partial charge is 0.372 e. The fourth-order valence-electron chi connectivity index (χ4n) is 3.80. The van der Waals surface area contributed by atoms with E-state index in [-0.39, 0.29) is 36.4 Å². The number of hydrogen-bond acceptors (Lipinski definition) is 4. The first kappa shape index (κ1) is 19.6. The number of nitrogens with zero attached hydrogens (tertiary/aromatic N) is 2. The predicted octanol–water partition coefficient (Wildman–Crippen LogP) is 2.78. The summed E-state index contributed by atoms with van der Waals surface area (Å²) in [5, 5.41) is 2.70. The van der Waals surface area contributed by atoms with Gasteiger partial charge in [0.25, 0.3) is 0 Å². The number of ether oxygens (including phenoxy) is 1. The maximum Gasteiger partial charge on any atom is 0.243 e. The van der Waals surface area contributed by atoms with Crippen molar-refractivity contribution in [2.24, 2.45) is 0 Å². The van der Waals surface area contributed by atoms with Crippen LogP contribution < -0.4 is 10.2 Å². The fraction of sp³-hybridized carbons (Fsp3) is 0.600. The summed E-state index contributed by atoms with van der Waals surface area (Å²) in [5.41, 5.74) is 0.913. The molecule has 2 aliphatic heterocycles. The topological polar surface area (TPSA) is 61.9 Å². The van der Waals surface area contributed by atoms with Crippen molar-refractivity contribution in [1.82, 2.24) is 4.90 Å². The highest BCUT2D eigenvalue weighted by molar-refractivity contribution is 5.94. The molecule has 0 aliphatic carbocycles. The fourth-order valence-corrected chi connectivity index (χ4v) is 3.80. The third-order valence-electron chi connectivity index (χ3n) is 5.00. The van der Waals surface area contributed by atoms with Gasteiger partial charge in [-0.1, -0.05) is 6.42 Å². The van der Waals surface area contributed by atoms with Gasteiger partial charge in [0.2, 0.25) is 11.8 Å². The van der Waals surface area contributed by atoms with E-state index in [0.29, 0.717) is 37.4 Å². The minimum Gasteiger partial charge on any atom is -0.372 e. The lowest BCUT2D eigenvalue weighted by molar-refractivity contribution is -0.134. The van der Waals surface area contributed by atoms with Crippen molar-refractivity contribution in [2.75, 3.05) is 36.4 Å². The highest BCUT2D eigenvalue weighted by atomic mass is 19.1. The van der Waals surface area contributed by atoms with Gasteiger partial charge in [0, 0.05) is 31.7 Å². The highest BCUT2D eigenvalue weighted by Gasteiger charge is 2.24. The number of hydrogen-bond donors (Lipinski definition) is 1. The number of rotatable bonds is 4. The summed E-state index contributed by atoms with van der Waals surface area (Å²) in [5.74, 6) is -0.661. The lowest BCUT2D eigenvalue weighted by atomic mass is 10.2. The van der Waals surface area contributed by atoms with Crippen LogP contribution >= 0.6 is 0 Å². The van der Waals surface area contributed by atoms with Crippen molar-refractivity contribution in [3.8, 4) is 0 Å². The summed E-state index contributed by atoms with van der Waals surface area (Å²) in [6.07, 6.45) is 3.38. The van der Waals surface area contributed by atoms with Crippen LogP contribution in [0.2, 0.25) is 0 Å². The Labute approximate surface area is 159 Å². The second-order valence-corrected chi connectivity index (χ2v) is 7.50. The molecule has 2 aliphatic rings. The van der Waals surface area contributed by atoms with Crippen LogP contribution in [0.1, 0.15) is 39.5 Å². The number of benzene rings is 1. The van der Waals surface area contributed by atoms with Gasteiger partial charge in [-0.15, -0.1) is 0 Å². The Kier molecular flexibility index (Phi) is 6.31. The molecule has 148 valence electrons. The molecule has 6 nitrogen and oxygen atoms in total. The summed E-state index contributed by atoms with van der Waals surface area (Å²) in [4.78, 5) is 27.8. The molecular weight excluding hydrogens is 349 g/mol. The van der Waals surface area contributed by atoms with E-state index >= 15 is 0 Å². The minimum absolute atomic E-state index is 0.0136. The lowest BCUT2D eigenvalue weighted by Gasteiger charge is -2.37. The molecule has 0 bridgehead atoms. The second kappa shape index (κ2) is 8.69. The number of morpholine rings is 1. The average Bonchev–Trinajstić information content (AvgIpc) is 2.78. The first-order chi connectivity index (χ1) is 12.9. The first-order valence-corrected chi connectivity index (χ1v) is 9.70. The highest BCUT2D eigenvalue weighted by Crippen LogP contribution is 2.26. The molecule has 1 N–H and O–H groups in total. The van der Waals surface area contributed by atoms with E-state index in [1.54, 1.807) is 17.0 Å². The molecule has 0 radical (unpaired) electrons. The quantitative estimate of drug-likeness (QED) is 0.877. The molecular formula is C20H28FN3O3. The smallest absolute Gasteiger partial charge is 0.243 e. The third-order valence-corrected chi connectivity index (χ3v) is 5.00.